The molecule has 1 aliphatic carbocycles. The number of hydrogen-bond donors (Lipinski definition) is 2. The third-order valence-corrected chi connectivity index (χ3v) is 6.45. The van der Waals surface area contributed by atoms with E-state index in [1.54, 1.807) is 24.3 Å². The molecular weight excluding hydrogens is 372 g/mol. The summed E-state index contributed by atoms with van der Waals surface area (Å²) in [6, 6.07) is 15.1. The lowest BCUT2D eigenvalue weighted by atomic mass is 10.0. The Kier molecular flexibility index (Phi) is 6.52. The second-order valence-corrected chi connectivity index (χ2v) is 9.43. The average Bonchev–Trinajstić information content (AvgIpc) is 3.48. The second kappa shape index (κ2) is 8.88. The summed E-state index contributed by atoms with van der Waals surface area (Å²) in [6.07, 6.45) is 2.95. The van der Waals surface area contributed by atoms with Crippen LogP contribution in [0.15, 0.2) is 53.4 Å². The van der Waals surface area contributed by atoms with Crippen LogP contribution in [0.1, 0.15) is 55.7 Å². The Hall–Kier alpha value is -2.18. The van der Waals surface area contributed by atoms with Crippen molar-refractivity contribution in [1.29, 1.82) is 0 Å². The molecule has 0 atom stereocenters. The van der Waals surface area contributed by atoms with Gasteiger partial charge in [0.1, 0.15) is 0 Å². The number of hydrogen-bond acceptors (Lipinski definition) is 3. The Morgan fingerprint density at radius 1 is 1.00 bits per heavy atom. The monoisotopic (exact) mass is 400 g/mol. The maximum Gasteiger partial charge on any atom is 0.240 e. The van der Waals surface area contributed by atoms with Crippen LogP contribution in [-0.2, 0) is 27.8 Å². The minimum Gasteiger partial charge on any atom is -0.352 e. The molecule has 1 fully saturated rings. The summed E-state index contributed by atoms with van der Waals surface area (Å²) in [5, 5.41) is 2.90. The molecule has 0 saturated heterocycles. The molecule has 0 aliphatic heterocycles. The van der Waals surface area contributed by atoms with Gasteiger partial charge >= 0.3 is 0 Å². The highest BCUT2D eigenvalue weighted by atomic mass is 32.2. The van der Waals surface area contributed by atoms with Crippen molar-refractivity contribution in [1.82, 2.24) is 10.0 Å². The lowest BCUT2D eigenvalue weighted by Crippen LogP contribution is -2.26. The molecule has 0 unspecified atom stereocenters. The van der Waals surface area contributed by atoms with Crippen LogP contribution in [0.25, 0.3) is 0 Å². The van der Waals surface area contributed by atoms with E-state index in [0.717, 1.165) is 24.0 Å². The van der Waals surface area contributed by atoms with Gasteiger partial charge in [0.05, 0.1) is 4.90 Å². The summed E-state index contributed by atoms with van der Waals surface area (Å²) < 4.78 is 27.0. The highest BCUT2D eigenvalue weighted by molar-refractivity contribution is 7.89. The van der Waals surface area contributed by atoms with Gasteiger partial charge in [0.15, 0.2) is 0 Å². The second-order valence-electron chi connectivity index (χ2n) is 7.71. The third kappa shape index (κ3) is 5.91. The van der Waals surface area contributed by atoms with E-state index in [9.17, 15) is 13.2 Å². The molecule has 1 aliphatic rings. The van der Waals surface area contributed by atoms with Gasteiger partial charge in [-0.25, -0.2) is 13.1 Å². The first-order chi connectivity index (χ1) is 13.3. The standard InChI is InChI=1S/C22H28N2O3S/c1-16(2)19-8-3-17(4-9-19)7-14-22(25)23-15-18-5-12-21(13-6-18)28(26,27)24-20-10-11-20/h3-6,8-9,12-13,16,20,24H,7,10-11,14-15H2,1-2H3,(H,23,25). The Balaban J connectivity index is 1.45. The fourth-order valence-electron chi connectivity index (χ4n) is 2.89. The lowest BCUT2D eigenvalue weighted by Gasteiger charge is -2.09. The molecule has 2 aromatic carbocycles. The Morgan fingerprint density at radius 2 is 1.61 bits per heavy atom. The van der Waals surface area contributed by atoms with Crippen LogP contribution < -0.4 is 10.0 Å². The highest BCUT2D eigenvalue weighted by Gasteiger charge is 2.27. The fourth-order valence-corrected chi connectivity index (χ4v) is 4.20. The van der Waals surface area contributed by atoms with Gasteiger partial charge in [-0.2, -0.15) is 0 Å². The lowest BCUT2D eigenvalue weighted by molar-refractivity contribution is -0.121. The minimum absolute atomic E-state index is 0.0139. The van der Waals surface area contributed by atoms with Gasteiger partial charge < -0.3 is 5.32 Å². The molecule has 1 amide bonds. The first-order valence-electron chi connectivity index (χ1n) is 9.80. The van der Waals surface area contributed by atoms with Crippen molar-refractivity contribution in [3.8, 4) is 0 Å². The number of aryl methyl sites for hydroxylation is 1. The van der Waals surface area contributed by atoms with Crippen molar-refractivity contribution in [3.05, 3.63) is 65.2 Å². The van der Waals surface area contributed by atoms with Crippen molar-refractivity contribution in [2.45, 2.75) is 62.9 Å². The van der Waals surface area contributed by atoms with Crippen molar-refractivity contribution >= 4 is 15.9 Å². The van der Waals surface area contributed by atoms with Crippen molar-refractivity contribution in [2.24, 2.45) is 0 Å². The van der Waals surface area contributed by atoms with Crippen molar-refractivity contribution in [2.75, 3.05) is 0 Å². The van der Waals surface area contributed by atoms with E-state index in [1.807, 2.05) is 0 Å². The molecule has 2 N–H and O–H groups in total. The molecule has 0 aromatic heterocycles. The third-order valence-electron chi connectivity index (χ3n) is 4.91. The number of sulfonamides is 1. The quantitative estimate of drug-likeness (QED) is 0.676. The predicted molar refractivity (Wildman–Crippen MR) is 110 cm³/mol. The number of benzene rings is 2. The van der Waals surface area contributed by atoms with E-state index >= 15 is 0 Å². The Morgan fingerprint density at radius 3 is 2.18 bits per heavy atom. The van der Waals surface area contributed by atoms with E-state index in [2.05, 4.69) is 48.2 Å². The molecule has 2 aromatic rings. The van der Waals surface area contributed by atoms with Gasteiger partial charge in [0, 0.05) is 19.0 Å². The van der Waals surface area contributed by atoms with E-state index in [1.165, 1.54) is 5.56 Å². The van der Waals surface area contributed by atoms with Gasteiger partial charge in [-0.3, -0.25) is 4.79 Å². The zero-order valence-corrected chi connectivity index (χ0v) is 17.3. The highest BCUT2D eigenvalue weighted by Crippen LogP contribution is 2.22. The van der Waals surface area contributed by atoms with Gasteiger partial charge in [0.25, 0.3) is 0 Å². The summed E-state index contributed by atoms with van der Waals surface area (Å²) in [7, 11) is -3.43. The number of amides is 1. The predicted octanol–water partition coefficient (Wildman–Crippen LogP) is 3.50. The average molecular weight is 401 g/mol. The molecule has 3 rings (SSSR count). The van der Waals surface area contributed by atoms with Crippen LogP contribution in [0, 0.1) is 0 Å². The molecule has 0 bridgehead atoms. The Labute approximate surface area is 167 Å². The maximum absolute atomic E-state index is 12.2. The molecule has 0 radical (unpaired) electrons. The SMILES string of the molecule is CC(C)c1ccc(CCC(=O)NCc2ccc(S(=O)(=O)NC3CC3)cc2)cc1. The van der Waals surface area contributed by atoms with Crippen LogP contribution in [0.3, 0.4) is 0 Å². The van der Waals surface area contributed by atoms with Gasteiger partial charge in [-0.1, -0.05) is 50.2 Å². The largest absolute Gasteiger partial charge is 0.352 e. The van der Waals surface area contributed by atoms with E-state index < -0.39 is 10.0 Å². The van der Waals surface area contributed by atoms with E-state index in [-0.39, 0.29) is 16.8 Å². The molecule has 1 saturated carbocycles. The summed E-state index contributed by atoms with van der Waals surface area (Å²) in [5.41, 5.74) is 3.32. The van der Waals surface area contributed by atoms with Crippen LogP contribution in [0.5, 0.6) is 0 Å². The van der Waals surface area contributed by atoms with Crippen LogP contribution >= 0.6 is 0 Å². The minimum atomic E-state index is -3.43. The summed E-state index contributed by atoms with van der Waals surface area (Å²) >= 11 is 0. The van der Waals surface area contributed by atoms with Gasteiger partial charge in [0.2, 0.25) is 15.9 Å². The number of carbonyl (C=O) groups is 1. The fraction of sp³-hybridized carbons (Fsp3) is 0.409. The molecule has 5 nitrogen and oxygen atoms in total. The van der Waals surface area contributed by atoms with Crippen molar-refractivity contribution < 1.29 is 13.2 Å². The number of carbonyl (C=O) groups excluding carboxylic acids is 1. The molecule has 28 heavy (non-hydrogen) atoms. The topological polar surface area (TPSA) is 75.3 Å². The molecule has 0 heterocycles. The normalized spacial score (nSPS) is 14.2. The first kappa shape index (κ1) is 20.6. The maximum atomic E-state index is 12.2. The van der Waals surface area contributed by atoms with Crippen LogP contribution in [0.4, 0.5) is 0 Å². The van der Waals surface area contributed by atoms with E-state index in [0.29, 0.717) is 25.3 Å². The summed E-state index contributed by atoms with van der Waals surface area (Å²) in [4.78, 5) is 12.4. The number of rotatable bonds is 9. The Bertz CT molecular complexity index is 900. The molecule has 6 heteroatoms. The molecule has 150 valence electrons. The van der Waals surface area contributed by atoms with Gasteiger partial charge in [-0.05, 0) is 54.0 Å². The van der Waals surface area contributed by atoms with Crippen LogP contribution in [0.2, 0.25) is 0 Å². The molecule has 0 spiro atoms. The van der Waals surface area contributed by atoms with Gasteiger partial charge in [-0.15, -0.1) is 0 Å². The van der Waals surface area contributed by atoms with Crippen LogP contribution in [-0.4, -0.2) is 20.4 Å². The van der Waals surface area contributed by atoms with Crippen molar-refractivity contribution in [3.63, 3.8) is 0 Å². The zero-order valence-electron chi connectivity index (χ0n) is 16.4. The number of nitrogens with one attached hydrogen (secondary N) is 2. The first-order valence-corrected chi connectivity index (χ1v) is 11.3. The summed E-state index contributed by atoms with van der Waals surface area (Å²) in [5.74, 6) is 0.489. The summed E-state index contributed by atoms with van der Waals surface area (Å²) in [6.45, 7) is 4.71. The molecular formula is C22H28N2O3S. The smallest absolute Gasteiger partial charge is 0.240 e. The van der Waals surface area contributed by atoms with E-state index in [4.69, 9.17) is 0 Å². The zero-order chi connectivity index (χ0) is 20.1.